The van der Waals surface area contributed by atoms with Crippen molar-refractivity contribution < 1.29 is 19.5 Å². The molecule has 0 aliphatic heterocycles. The van der Waals surface area contributed by atoms with Gasteiger partial charge in [0.15, 0.2) is 0 Å². The minimum Gasteiger partial charge on any atom is -0.159 e. The average molecular weight is 341 g/mol. The first-order chi connectivity index (χ1) is 9.00. The summed E-state index contributed by atoms with van der Waals surface area (Å²) in [5.74, 6) is 0. The van der Waals surface area contributed by atoms with Crippen molar-refractivity contribution in [2.45, 2.75) is 0 Å². The molecule has 0 amide bonds. The summed E-state index contributed by atoms with van der Waals surface area (Å²) in [6.07, 6.45) is 9.83. The molecule has 0 spiro atoms. The van der Waals surface area contributed by atoms with Gasteiger partial charge >= 0.3 is 19.5 Å². The van der Waals surface area contributed by atoms with E-state index in [4.69, 9.17) is 0 Å². The number of aromatic nitrogens is 6. The molecule has 95 valence electrons. The number of hydrogen-bond acceptors (Lipinski definition) is 6. The van der Waals surface area contributed by atoms with Gasteiger partial charge in [0.25, 0.3) is 0 Å². The van der Waals surface area contributed by atoms with Gasteiger partial charge in [-0.15, -0.1) is 0 Å². The van der Waals surface area contributed by atoms with E-state index in [-0.39, 0.29) is 19.5 Å². The molecular formula is C12H12N6Ru+3. The van der Waals surface area contributed by atoms with E-state index in [9.17, 15) is 0 Å². The Morgan fingerprint density at radius 2 is 0.474 bits per heavy atom. The van der Waals surface area contributed by atoms with Crippen molar-refractivity contribution >= 4 is 0 Å². The van der Waals surface area contributed by atoms with Gasteiger partial charge in [0, 0.05) is 37.2 Å². The first-order valence-corrected chi connectivity index (χ1v) is 5.15. The molecule has 0 saturated carbocycles. The van der Waals surface area contributed by atoms with E-state index >= 15 is 0 Å². The maximum absolute atomic E-state index is 3.53. The van der Waals surface area contributed by atoms with E-state index < -0.39 is 0 Å². The normalized spacial score (nSPS) is 7.58. The maximum atomic E-state index is 3.53. The molecule has 0 aliphatic carbocycles. The van der Waals surface area contributed by atoms with Gasteiger partial charge in [0.2, 0.25) is 0 Å². The summed E-state index contributed by atoms with van der Waals surface area (Å²) in [4.78, 5) is 0. The molecule has 0 fully saturated rings. The number of rotatable bonds is 0. The molecule has 0 unspecified atom stereocenters. The van der Waals surface area contributed by atoms with Crippen LogP contribution in [0.3, 0.4) is 0 Å². The summed E-state index contributed by atoms with van der Waals surface area (Å²) >= 11 is 0. The van der Waals surface area contributed by atoms with E-state index in [1.54, 1.807) is 37.2 Å². The minimum absolute atomic E-state index is 0. The van der Waals surface area contributed by atoms with Crippen LogP contribution in [0.4, 0.5) is 0 Å². The molecule has 3 rings (SSSR count). The van der Waals surface area contributed by atoms with Crippen LogP contribution in [0.2, 0.25) is 0 Å². The molecule has 0 atom stereocenters. The predicted octanol–water partition coefficient (Wildman–Crippen LogP) is 1.43. The third kappa shape index (κ3) is 12.1. The van der Waals surface area contributed by atoms with Crippen molar-refractivity contribution in [1.29, 1.82) is 0 Å². The van der Waals surface area contributed by atoms with Crippen LogP contribution in [0, 0.1) is 0 Å². The Bertz CT molecular complexity index is 313. The van der Waals surface area contributed by atoms with Crippen molar-refractivity contribution in [2.24, 2.45) is 0 Å². The third-order valence-electron chi connectivity index (χ3n) is 1.45. The Balaban J connectivity index is 0.000000249. The molecule has 3 aromatic rings. The summed E-state index contributed by atoms with van der Waals surface area (Å²) in [5, 5.41) is 21.2. The first kappa shape index (κ1) is 16.9. The van der Waals surface area contributed by atoms with Gasteiger partial charge in [0.05, 0.1) is 0 Å². The monoisotopic (exact) mass is 342 g/mol. The summed E-state index contributed by atoms with van der Waals surface area (Å²) in [5.41, 5.74) is 0. The van der Waals surface area contributed by atoms with Gasteiger partial charge in [-0.25, -0.2) is 0 Å². The second kappa shape index (κ2) is 13.9. The zero-order valence-electron chi connectivity index (χ0n) is 9.97. The molecule has 6 nitrogen and oxygen atoms in total. The van der Waals surface area contributed by atoms with Gasteiger partial charge in [-0.2, -0.15) is 30.6 Å². The fourth-order valence-electron chi connectivity index (χ4n) is 0.760. The molecule has 0 saturated heterocycles. The van der Waals surface area contributed by atoms with Crippen molar-refractivity contribution in [2.75, 3.05) is 0 Å². The summed E-state index contributed by atoms with van der Waals surface area (Å²) in [7, 11) is 0. The van der Waals surface area contributed by atoms with Crippen molar-refractivity contribution in [3.8, 4) is 0 Å². The molecular weight excluding hydrogens is 329 g/mol. The zero-order valence-corrected chi connectivity index (χ0v) is 11.7. The van der Waals surface area contributed by atoms with E-state index in [1.807, 2.05) is 36.4 Å². The second-order valence-electron chi connectivity index (χ2n) is 2.74. The number of hydrogen-bond donors (Lipinski definition) is 0. The van der Waals surface area contributed by atoms with Crippen LogP contribution in [0.1, 0.15) is 0 Å². The van der Waals surface area contributed by atoms with E-state index in [0.717, 1.165) is 0 Å². The Kier molecular flexibility index (Phi) is 12.4. The molecule has 0 aromatic carbocycles. The molecule has 19 heavy (non-hydrogen) atoms. The predicted molar refractivity (Wildman–Crippen MR) is 66.1 cm³/mol. The van der Waals surface area contributed by atoms with Crippen LogP contribution >= 0.6 is 0 Å². The fourth-order valence-corrected chi connectivity index (χ4v) is 0.760. The maximum Gasteiger partial charge on any atom is 3.00 e. The third-order valence-corrected chi connectivity index (χ3v) is 1.45. The topological polar surface area (TPSA) is 77.3 Å². The van der Waals surface area contributed by atoms with Crippen LogP contribution in [0.25, 0.3) is 0 Å². The Hall–Kier alpha value is -2.14. The SMILES string of the molecule is [Ru+3].c1ccnnc1.c1ccnnc1.c1ccnnc1. The largest absolute Gasteiger partial charge is 3.00 e. The zero-order chi connectivity index (χ0) is 12.7. The van der Waals surface area contributed by atoms with E-state index in [0.29, 0.717) is 0 Å². The molecule has 0 N–H and O–H groups in total. The van der Waals surface area contributed by atoms with Gasteiger partial charge < -0.3 is 0 Å². The van der Waals surface area contributed by atoms with E-state index in [1.165, 1.54) is 0 Å². The smallest absolute Gasteiger partial charge is 0.159 e. The molecule has 0 bridgehead atoms. The standard InChI is InChI=1S/3C4H4N2.Ru/c3*1-2-4-6-5-3-1;/h3*1-4H;/q;;;+3. The van der Waals surface area contributed by atoms with Crippen LogP contribution in [-0.4, -0.2) is 30.6 Å². The molecule has 3 heterocycles. The van der Waals surface area contributed by atoms with Gasteiger partial charge in [-0.1, -0.05) is 0 Å². The molecule has 1 radical (unpaired) electrons. The second-order valence-corrected chi connectivity index (χ2v) is 2.74. The Morgan fingerprint density at radius 3 is 0.526 bits per heavy atom. The van der Waals surface area contributed by atoms with Crippen LogP contribution in [-0.2, 0) is 19.5 Å². The van der Waals surface area contributed by atoms with Gasteiger partial charge in [0.1, 0.15) is 0 Å². The van der Waals surface area contributed by atoms with Crippen molar-refractivity contribution in [3.05, 3.63) is 73.6 Å². The Morgan fingerprint density at radius 1 is 0.316 bits per heavy atom. The van der Waals surface area contributed by atoms with Crippen LogP contribution in [0.15, 0.2) is 73.6 Å². The number of nitrogens with zero attached hydrogens (tertiary/aromatic N) is 6. The summed E-state index contributed by atoms with van der Waals surface area (Å²) < 4.78 is 0. The van der Waals surface area contributed by atoms with Crippen molar-refractivity contribution in [3.63, 3.8) is 0 Å². The first-order valence-electron chi connectivity index (χ1n) is 5.15. The fraction of sp³-hybridized carbons (Fsp3) is 0. The molecule has 7 heteroatoms. The summed E-state index contributed by atoms with van der Waals surface area (Å²) in [6.45, 7) is 0. The van der Waals surface area contributed by atoms with E-state index in [2.05, 4.69) is 30.6 Å². The van der Waals surface area contributed by atoms with Crippen LogP contribution in [0.5, 0.6) is 0 Å². The van der Waals surface area contributed by atoms with Crippen LogP contribution < -0.4 is 0 Å². The summed E-state index contributed by atoms with van der Waals surface area (Å²) in [6, 6.07) is 11.0. The Labute approximate surface area is 124 Å². The average Bonchev–Trinajstić information content (AvgIpc) is 2.54. The van der Waals surface area contributed by atoms with Gasteiger partial charge in [-0.05, 0) is 36.4 Å². The van der Waals surface area contributed by atoms with Gasteiger partial charge in [-0.3, -0.25) is 0 Å². The quantitative estimate of drug-likeness (QED) is 0.576. The van der Waals surface area contributed by atoms with Crippen molar-refractivity contribution in [1.82, 2.24) is 30.6 Å². The minimum atomic E-state index is 0. The molecule has 0 aliphatic rings. The molecule has 3 aromatic heterocycles.